The quantitative estimate of drug-likeness (QED) is 0.296. The van der Waals surface area contributed by atoms with Crippen LogP contribution in [0.25, 0.3) is 21.8 Å². The average Bonchev–Trinajstić information content (AvgIpc) is 3.29. The van der Waals surface area contributed by atoms with Gasteiger partial charge in [-0.25, -0.2) is 4.98 Å². The number of anilines is 1. The van der Waals surface area contributed by atoms with Gasteiger partial charge in [0.15, 0.2) is 0 Å². The molecule has 0 unspecified atom stereocenters. The van der Waals surface area contributed by atoms with E-state index in [-0.39, 0.29) is 11.8 Å². The minimum absolute atomic E-state index is 0.0238. The molecule has 4 aromatic rings. The number of nitrogens with one attached hydrogen (secondary N) is 1. The fourth-order valence-electron chi connectivity index (χ4n) is 3.17. The van der Waals surface area contributed by atoms with Gasteiger partial charge < -0.3 is 5.32 Å². The highest BCUT2D eigenvalue weighted by Crippen LogP contribution is 2.36. The number of aromatic nitrogens is 1. The summed E-state index contributed by atoms with van der Waals surface area (Å²) in [5.74, 6) is -1.10. The van der Waals surface area contributed by atoms with Gasteiger partial charge in [0, 0.05) is 27.8 Å². The number of alkyl halides is 6. The van der Waals surface area contributed by atoms with Crippen LogP contribution in [0.1, 0.15) is 21.5 Å². The first-order valence-corrected chi connectivity index (χ1v) is 10.6. The van der Waals surface area contributed by atoms with Crippen LogP contribution < -0.4 is 5.32 Å². The Bertz CT molecular complexity index is 1300. The molecule has 34 heavy (non-hydrogen) atoms. The molecule has 0 radical (unpaired) electrons. The van der Waals surface area contributed by atoms with E-state index < -0.39 is 35.0 Å². The van der Waals surface area contributed by atoms with Gasteiger partial charge in [0.05, 0.1) is 16.8 Å². The summed E-state index contributed by atoms with van der Waals surface area (Å²) in [6.07, 6.45) is -10.1. The Morgan fingerprint density at radius 3 is 2.00 bits per heavy atom. The van der Waals surface area contributed by atoms with Crippen molar-refractivity contribution >= 4 is 22.9 Å². The number of hydrogen-bond acceptors (Lipinski definition) is 3. The van der Waals surface area contributed by atoms with Crippen molar-refractivity contribution in [3.63, 3.8) is 0 Å². The van der Waals surface area contributed by atoms with Gasteiger partial charge >= 0.3 is 12.4 Å². The second-order valence-corrected chi connectivity index (χ2v) is 8.09. The number of rotatable bonds is 4. The van der Waals surface area contributed by atoms with Gasteiger partial charge in [0.2, 0.25) is 0 Å². The first kappa shape index (κ1) is 23.5. The number of benzene rings is 3. The summed E-state index contributed by atoms with van der Waals surface area (Å²) >= 11 is 1.41. The lowest BCUT2D eigenvalue weighted by molar-refractivity contribution is -0.143. The summed E-state index contributed by atoms with van der Waals surface area (Å²) in [5, 5.41) is 4.95. The van der Waals surface area contributed by atoms with E-state index in [0.29, 0.717) is 23.4 Å². The Balaban J connectivity index is 1.61. The van der Waals surface area contributed by atoms with Gasteiger partial charge in [-0.2, -0.15) is 26.3 Å². The zero-order valence-corrected chi connectivity index (χ0v) is 17.9. The Kier molecular flexibility index (Phi) is 6.18. The fraction of sp³-hybridized carbons (Fsp3) is 0.0833. The van der Waals surface area contributed by atoms with Crippen molar-refractivity contribution in [2.24, 2.45) is 0 Å². The summed E-state index contributed by atoms with van der Waals surface area (Å²) in [7, 11) is 0. The van der Waals surface area contributed by atoms with Gasteiger partial charge in [-0.3, -0.25) is 4.79 Å². The van der Waals surface area contributed by atoms with Gasteiger partial charge in [0.1, 0.15) is 5.01 Å². The molecule has 0 bridgehead atoms. The van der Waals surface area contributed by atoms with Crippen LogP contribution in [0.3, 0.4) is 0 Å². The molecule has 10 heteroatoms. The minimum atomic E-state index is -5.04. The predicted molar refractivity (Wildman–Crippen MR) is 117 cm³/mol. The van der Waals surface area contributed by atoms with Crippen LogP contribution in [-0.2, 0) is 12.4 Å². The summed E-state index contributed by atoms with van der Waals surface area (Å²) in [4.78, 5) is 17.1. The summed E-state index contributed by atoms with van der Waals surface area (Å²) < 4.78 is 78.5. The lowest BCUT2D eigenvalue weighted by Gasteiger charge is -2.14. The molecule has 3 nitrogen and oxygen atoms in total. The van der Waals surface area contributed by atoms with E-state index in [1.54, 1.807) is 18.2 Å². The number of carbonyl (C=O) groups excluding carboxylic acids is 1. The van der Waals surface area contributed by atoms with Crippen molar-refractivity contribution in [1.82, 2.24) is 4.98 Å². The normalized spacial score (nSPS) is 11.9. The molecule has 0 aliphatic heterocycles. The number of nitrogens with zero attached hydrogens (tertiary/aromatic N) is 1. The lowest BCUT2D eigenvalue weighted by Crippen LogP contribution is -2.17. The van der Waals surface area contributed by atoms with E-state index in [1.807, 2.05) is 35.7 Å². The van der Waals surface area contributed by atoms with Crippen LogP contribution in [0.5, 0.6) is 0 Å². The Morgan fingerprint density at radius 2 is 1.38 bits per heavy atom. The van der Waals surface area contributed by atoms with Crippen molar-refractivity contribution in [3.8, 4) is 21.8 Å². The predicted octanol–water partition coefficient (Wildman–Crippen LogP) is 7.77. The first-order valence-electron chi connectivity index (χ1n) is 9.73. The molecule has 0 aliphatic carbocycles. The third-order valence-electron chi connectivity index (χ3n) is 4.79. The Hall–Kier alpha value is -3.66. The number of carbonyl (C=O) groups is 1. The van der Waals surface area contributed by atoms with Gasteiger partial charge in [-0.15, -0.1) is 11.3 Å². The SMILES string of the molecule is O=C(Nc1cccc(-c2csc(-c3ccccc3)n2)c1)c1cc(C(F)(F)F)cc(C(F)(F)F)c1. The van der Waals surface area contributed by atoms with E-state index in [9.17, 15) is 31.1 Å². The first-order chi connectivity index (χ1) is 16.0. The largest absolute Gasteiger partial charge is 0.416 e. The maximum atomic E-state index is 13.1. The van der Waals surface area contributed by atoms with Crippen molar-refractivity contribution in [2.75, 3.05) is 5.32 Å². The number of hydrogen-bond donors (Lipinski definition) is 1. The van der Waals surface area contributed by atoms with E-state index in [0.717, 1.165) is 10.6 Å². The van der Waals surface area contributed by atoms with Crippen LogP contribution in [0, 0.1) is 0 Å². The van der Waals surface area contributed by atoms with Gasteiger partial charge in [-0.05, 0) is 30.3 Å². The average molecular weight is 492 g/mol. The summed E-state index contributed by atoms with van der Waals surface area (Å²) in [6, 6.07) is 16.6. The zero-order valence-electron chi connectivity index (χ0n) is 17.0. The highest BCUT2D eigenvalue weighted by atomic mass is 32.1. The van der Waals surface area contributed by atoms with E-state index in [1.165, 1.54) is 17.4 Å². The molecule has 1 amide bonds. The van der Waals surface area contributed by atoms with Gasteiger partial charge in [0.25, 0.3) is 5.91 Å². The molecule has 0 fully saturated rings. The molecule has 4 rings (SSSR count). The second-order valence-electron chi connectivity index (χ2n) is 7.23. The molecule has 1 heterocycles. The minimum Gasteiger partial charge on any atom is -0.322 e. The van der Waals surface area contributed by atoms with Crippen LogP contribution in [0.2, 0.25) is 0 Å². The third kappa shape index (κ3) is 5.28. The fourth-order valence-corrected chi connectivity index (χ4v) is 4.00. The molecule has 174 valence electrons. The van der Waals surface area contributed by atoms with Crippen molar-refractivity contribution in [1.29, 1.82) is 0 Å². The zero-order chi connectivity index (χ0) is 24.5. The number of amides is 1. The monoisotopic (exact) mass is 492 g/mol. The molecular weight excluding hydrogens is 478 g/mol. The standard InChI is InChI=1S/C24H14F6N2OS/c25-23(26,27)17-9-16(10-18(12-17)24(28,29)30)21(33)31-19-8-4-7-15(11-19)20-13-34-22(32-20)14-5-2-1-3-6-14/h1-13H,(H,31,33). The number of halogens is 6. The van der Waals surface area contributed by atoms with Crippen LogP contribution in [0.4, 0.5) is 32.0 Å². The molecule has 1 N–H and O–H groups in total. The highest BCUT2D eigenvalue weighted by Gasteiger charge is 2.37. The lowest BCUT2D eigenvalue weighted by atomic mass is 10.0. The maximum Gasteiger partial charge on any atom is 0.416 e. The highest BCUT2D eigenvalue weighted by molar-refractivity contribution is 7.13. The molecule has 3 aromatic carbocycles. The van der Waals surface area contributed by atoms with E-state index in [2.05, 4.69) is 10.3 Å². The topological polar surface area (TPSA) is 42.0 Å². The Labute approximate surface area is 193 Å². The summed E-state index contributed by atoms with van der Waals surface area (Å²) in [5.41, 5.74) is -1.52. The molecule has 0 saturated carbocycles. The molecule has 0 aliphatic rings. The summed E-state index contributed by atoms with van der Waals surface area (Å²) in [6.45, 7) is 0. The Morgan fingerprint density at radius 1 is 0.765 bits per heavy atom. The van der Waals surface area contributed by atoms with E-state index in [4.69, 9.17) is 0 Å². The molecule has 0 spiro atoms. The molecule has 0 saturated heterocycles. The molecular formula is C24H14F6N2OS. The molecule has 1 aromatic heterocycles. The maximum absolute atomic E-state index is 13.1. The van der Waals surface area contributed by atoms with Crippen LogP contribution in [0.15, 0.2) is 78.2 Å². The number of thiazole rings is 1. The van der Waals surface area contributed by atoms with Crippen LogP contribution >= 0.6 is 11.3 Å². The van der Waals surface area contributed by atoms with Crippen molar-refractivity contribution < 1.29 is 31.1 Å². The van der Waals surface area contributed by atoms with Gasteiger partial charge in [-0.1, -0.05) is 42.5 Å². The third-order valence-corrected chi connectivity index (χ3v) is 5.68. The smallest absolute Gasteiger partial charge is 0.322 e. The van der Waals surface area contributed by atoms with E-state index >= 15 is 0 Å². The van der Waals surface area contributed by atoms with Crippen molar-refractivity contribution in [2.45, 2.75) is 12.4 Å². The van der Waals surface area contributed by atoms with Crippen molar-refractivity contribution in [3.05, 3.63) is 94.9 Å². The molecule has 0 atom stereocenters. The van der Waals surface area contributed by atoms with Crippen LogP contribution in [-0.4, -0.2) is 10.9 Å². The second kappa shape index (κ2) is 8.94.